The topological polar surface area (TPSA) is 84.0 Å². The molecule has 4 aromatic rings. The summed E-state index contributed by atoms with van der Waals surface area (Å²) in [6, 6.07) is 14.4. The molecule has 0 fully saturated rings. The summed E-state index contributed by atoms with van der Waals surface area (Å²) >= 11 is 7.80. The summed E-state index contributed by atoms with van der Waals surface area (Å²) in [4.78, 5) is 20.7. The Balaban J connectivity index is 1.61. The van der Waals surface area contributed by atoms with Crippen LogP contribution >= 0.6 is 22.9 Å². The van der Waals surface area contributed by atoms with E-state index in [1.165, 1.54) is 6.92 Å². The van der Waals surface area contributed by atoms with Gasteiger partial charge in [-0.3, -0.25) is 9.52 Å². The lowest BCUT2D eigenvalue weighted by Gasteiger charge is -2.10. The highest BCUT2D eigenvalue weighted by Gasteiger charge is 2.12. The maximum absolute atomic E-state index is 12.7. The lowest BCUT2D eigenvalue weighted by molar-refractivity contribution is 0.101. The molecule has 6 nitrogen and oxygen atoms in total. The summed E-state index contributed by atoms with van der Waals surface area (Å²) in [5, 5.41) is 4.13. The molecule has 0 amide bonds. The Kier molecular flexibility index (Phi) is 5.80. The Bertz CT molecular complexity index is 1270. The number of rotatable bonds is 6. The van der Waals surface area contributed by atoms with Crippen LogP contribution in [0.5, 0.6) is 0 Å². The maximum atomic E-state index is 12.7. The first-order valence-electron chi connectivity index (χ1n) is 8.98. The number of benzene rings is 2. The first-order valence-corrected chi connectivity index (χ1v) is 11.3. The van der Waals surface area contributed by atoms with E-state index in [1.807, 2.05) is 31.3 Å². The molecule has 0 bridgehead atoms. The molecule has 0 aliphatic rings. The number of fused-ring (bicyclic) bond motifs is 1. The van der Waals surface area contributed by atoms with Crippen molar-refractivity contribution in [2.45, 2.75) is 11.8 Å². The molecule has 4 rings (SSSR count). The predicted octanol–water partition coefficient (Wildman–Crippen LogP) is 5.39. The molecule has 2 aromatic heterocycles. The molecule has 0 saturated heterocycles. The number of anilines is 2. The number of nitrogens with one attached hydrogen (secondary N) is 2. The van der Waals surface area contributed by atoms with E-state index in [0.29, 0.717) is 16.1 Å². The number of hydrogen-bond acceptors (Lipinski definition) is 6. The molecule has 1 unspecified atom stereocenters. The van der Waals surface area contributed by atoms with Gasteiger partial charge >= 0.3 is 0 Å². The third kappa shape index (κ3) is 4.21. The highest BCUT2D eigenvalue weighted by Crippen LogP contribution is 2.32. The third-order valence-electron chi connectivity index (χ3n) is 4.45. The molecule has 0 spiro atoms. The average molecular weight is 457 g/mol. The number of Topliss-reactive ketones (excluding diaryl/α,β-unsaturated/α-hetero) is 1. The van der Waals surface area contributed by atoms with E-state index in [0.717, 1.165) is 26.5 Å². The minimum absolute atomic E-state index is 0.0417. The van der Waals surface area contributed by atoms with Crippen molar-refractivity contribution in [3.63, 3.8) is 0 Å². The second-order valence-corrected chi connectivity index (χ2v) is 9.07. The van der Waals surface area contributed by atoms with Gasteiger partial charge in [-0.2, -0.15) is 0 Å². The summed E-state index contributed by atoms with van der Waals surface area (Å²) in [6.07, 6.45) is 1.68. The molecule has 30 heavy (non-hydrogen) atoms. The highest BCUT2D eigenvalue weighted by atomic mass is 35.5. The summed E-state index contributed by atoms with van der Waals surface area (Å²) in [5.41, 5.74) is 3.74. The number of carbonyl (C=O) groups is 1. The molecule has 0 radical (unpaired) electrons. The van der Waals surface area contributed by atoms with E-state index in [-0.39, 0.29) is 10.9 Å². The number of ketones is 1. The van der Waals surface area contributed by atoms with Crippen LogP contribution in [0.15, 0.2) is 59.6 Å². The second-order valence-electron chi connectivity index (χ2n) is 6.47. The van der Waals surface area contributed by atoms with Gasteiger partial charge in [-0.15, -0.1) is 0 Å². The predicted molar refractivity (Wildman–Crippen MR) is 124 cm³/mol. The zero-order valence-electron chi connectivity index (χ0n) is 16.1. The van der Waals surface area contributed by atoms with Crippen molar-refractivity contribution in [2.75, 3.05) is 17.1 Å². The molecular formula is C21H17ClN4O2S2. The third-order valence-corrected chi connectivity index (χ3v) is 6.89. The lowest BCUT2D eigenvalue weighted by Crippen LogP contribution is -2.06. The van der Waals surface area contributed by atoms with Gasteiger partial charge in [0.05, 0.1) is 20.8 Å². The standard InChI is InChI=1S/C21H17ClN4O2S2/c1-12(27)13-3-6-16(7-4-13)30(28)26-18-9-15(11-24-20(18)22)14-5-8-17-19(10-14)29-21(23-2)25-17/h3-11,26H,1-2H3,(H,23,25). The first-order chi connectivity index (χ1) is 14.4. The molecule has 0 aliphatic carbocycles. The molecule has 1 atom stereocenters. The minimum Gasteiger partial charge on any atom is -0.365 e. The molecule has 2 N–H and O–H groups in total. The van der Waals surface area contributed by atoms with Crippen molar-refractivity contribution in [1.29, 1.82) is 0 Å². The molecule has 0 aliphatic heterocycles. The highest BCUT2D eigenvalue weighted by molar-refractivity contribution is 7.86. The molecule has 152 valence electrons. The molecule has 2 aromatic carbocycles. The number of thiazole rings is 1. The van der Waals surface area contributed by atoms with Crippen molar-refractivity contribution in [1.82, 2.24) is 9.97 Å². The smallest absolute Gasteiger partial charge is 0.183 e. The van der Waals surface area contributed by atoms with Crippen LogP contribution in [0.25, 0.3) is 21.3 Å². The SMILES string of the molecule is CNc1nc2ccc(-c3cnc(Cl)c(NS(=O)c4ccc(C(C)=O)cc4)c3)cc2s1. The van der Waals surface area contributed by atoms with Crippen molar-refractivity contribution in [3.05, 3.63) is 65.4 Å². The number of aromatic nitrogens is 2. The number of nitrogens with zero attached hydrogens (tertiary/aromatic N) is 2. The van der Waals surface area contributed by atoms with Gasteiger partial charge in [0.1, 0.15) is 11.0 Å². The van der Waals surface area contributed by atoms with Gasteiger partial charge in [0.15, 0.2) is 16.1 Å². The van der Waals surface area contributed by atoms with Crippen LogP contribution in [0.4, 0.5) is 10.8 Å². The molecule has 9 heteroatoms. The largest absolute Gasteiger partial charge is 0.365 e. The summed E-state index contributed by atoms with van der Waals surface area (Å²) in [7, 11) is 0.288. The van der Waals surface area contributed by atoms with E-state index < -0.39 is 11.0 Å². The lowest BCUT2D eigenvalue weighted by atomic mass is 10.1. The Morgan fingerprint density at radius 3 is 2.57 bits per heavy atom. The van der Waals surface area contributed by atoms with E-state index in [2.05, 4.69) is 20.0 Å². The van der Waals surface area contributed by atoms with Crippen LogP contribution in [-0.2, 0) is 11.0 Å². The Morgan fingerprint density at radius 1 is 1.10 bits per heavy atom. The fourth-order valence-electron chi connectivity index (χ4n) is 2.86. The fourth-order valence-corrected chi connectivity index (χ4v) is 4.78. The van der Waals surface area contributed by atoms with Gasteiger partial charge in [-0.05, 0) is 42.8 Å². The van der Waals surface area contributed by atoms with E-state index in [1.54, 1.807) is 41.8 Å². The normalized spacial score (nSPS) is 12.0. The summed E-state index contributed by atoms with van der Waals surface area (Å²) in [6.45, 7) is 1.49. The average Bonchev–Trinajstić information content (AvgIpc) is 3.17. The molecule has 2 heterocycles. The van der Waals surface area contributed by atoms with Gasteiger partial charge < -0.3 is 5.32 Å². The number of pyridine rings is 1. The van der Waals surface area contributed by atoms with E-state index >= 15 is 0 Å². The number of carbonyl (C=O) groups excluding carboxylic acids is 1. The second kappa shape index (κ2) is 8.51. The van der Waals surface area contributed by atoms with Crippen molar-refractivity contribution < 1.29 is 9.00 Å². The Morgan fingerprint density at radius 2 is 1.87 bits per heavy atom. The van der Waals surface area contributed by atoms with Crippen molar-refractivity contribution in [3.8, 4) is 11.1 Å². The van der Waals surface area contributed by atoms with Crippen LogP contribution in [-0.4, -0.2) is 27.0 Å². The molecular weight excluding hydrogens is 440 g/mol. The quantitative estimate of drug-likeness (QED) is 0.300. The monoisotopic (exact) mass is 456 g/mol. The minimum atomic E-state index is -1.55. The number of hydrogen-bond donors (Lipinski definition) is 2. The van der Waals surface area contributed by atoms with Crippen molar-refractivity contribution >= 4 is 60.7 Å². The van der Waals surface area contributed by atoms with Crippen LogP contribution < -0.4 is 10.0 Å². The van der Waals surface area contributed by atoms with Gasteiger partial charge in [-0.25, -0.2) is 14.2 Å². The van der Waals surface area contributed by atoms with Gasteiger partial charge in [0.25, 0.3) is 0 Å². The van der Waals surface area contributed by atoms with Crippen molar-refractivity contribution in [2.24, 2.45) is 0 Å². The first kappa shape index (κ1) is 20.5. The van der Waals surface area contributed by atoms with Gasteiger partial charge in [0.2, 0.25) is 0 Å². The maximum Gasteiger partial charge on any atom is 0.183 e. The van der Waals surface area contributed by atoms with Crippen LogP contribution in [0, 0.1) is 0 Å². The molecule has 0 saturated carbocycles. The zero-order chi connectivity index (χ0) is 21.3. The Labute approximate surface area is 184 Å². The van der Waals surface area contributed by atoms with Crippen LogP contribution in [0.1, 0.15) is 17.3 Å². The van der Waals surface area contributed by atoms with Crippen LogP contribution in [0.3, 0.4) is 0 Å². The fraction of sp³-hybridized carbons (Fsp3) is 0.0952. The summed E-state index contributed by atoms with van der Waals surface area (Å²) < 4.78 is 16.7. The summed E-state index contributed by atoms with van der Waals surface area (Å²) in [5.74, 6) is -0.0417. The van der Waals surface area contributed by atoms with E-state index in [4.69, 9.17) is 11.6 Å². The van der Waals surface area contributed by atoms with Crippen LogP contribution in [0.2, 0.25) is 5.15 Å². The number of halogens is 1. The van der Waals surface area contributed by atoms with Gasteiger partial charge in [-0.1, -0.05) is 41.1 Å². The van der Waals surface area contributed by atoms with E-state index in [9.17, 15) is 9.00 Å². The Hall–Kier alpha value is -2.81. The zero-order valence-corrected chi connectivity index (χ0v) is 18.5. The van der Waals surface area contributed by atoms with Gasteiger partial charge in [0, 0.05) is 24.4 Å².